The molecule has 0 bridgehead atoms. The highest BCUT2D eigenvalue weighted by Crippen LogP contribution is 2.31. The Balaban J connectivity index is 1.88. The fourth-order valence-electron chi connectivity index (χ4n) is 2.21. The van der Waals surface area contributed by atoms with Gasteiger partial charge in [0.15, 0.2) is 11.5 Å². The Morgan fingerprint density at radius 1 is 1.19 bits per heavy atom. The summed E-state index contributed by atoms with van der Waals surface area (Å²) in [7, 11) is 1.51. The van der Waals surface area contributed by atoms with Crippen LogP contribution in [0.4, 0.5) is 0 Å². The van der Waals surface area contributed by atoms with Gasteiger partial charge in [0.1, 0.15) is 0 Å². The minimum absolute atomic E-state index is 0.0444. The molecule has 1 aliphatic carbocycles. The monoisotopic (exact) mass is 283 g/mol. The molecule has 0 saturated heterocycles. The summed E-state index contributed by atoms with van der Waals surface area (Å²) in [6, 6.07) is 12.9. The van der Waals surface area contributed by atoms with Crippen LogP contribution in [0.1, 0.15) is 23.2 Å². The maximum Gasteiger partial charge on any atom is 0.251 e. The van der Waals surface area contributed by atoms with Gasteiger partial charge in [-0.25, -0.2) is 0 Å². The Bertz CT molecular complexity index is 677. The molecular weight excluding hydrogens is 266 g/mol. The van der Waals surface area contributed by atoms with E-state index in [2.05, 4.69) is 5.32 Å². The Morgan fingerprint density at radius 3 is 2.62 bits per heavy atom. The summed E-state index contributed by atoms with van der Waals surface area (Å²) >= 11 is 0. The minimum Gasteiger partial charge on any atom is -0.504 e. The fourth-order valence-corrected chi connectivity index (χ4v) is 2.21. The van der Waals surface area contributed by atoms with Gasteiger partial charge in [-0.3, -0.25) is 4.79 Å². The molecule has 2 aromatic carbocycles. The summed E-state index contributed by atoms with van der Waals surface area (Å²) in [5, 5.41) is 12.8. The lowest BCUT2D eigenvalue weighted by atomic mass is 10.0. The van der Waals surface area contributed by atoms with Gasteiger partial charge in [0.2, 0.25) is 0 Å². The number of carbonyl (C=O) groups excluding carboxylic acids is 1. The minimum atomic E-state index is -0.0444. The normalized spacial score (nSPS) is 13.8. The first-order chi connectivity index (χ1) is 10.2. The zero-order valence-corrected chi connectivity index (χ0v) is 11.8. The number of nitrogens with one attached hydrogen (secondary N) is 1. The van der Waals surface area contributed by atoms with Gasteiger partial charge in [-0.15, -0.1) is 0 Å². The highest BCUT2D eigenvalue weighted by Gasteiger charge is 2.23. The van der Waals surface area contributed by atoms with Crippen LogP contribution in [0.25, 0.3) is 11.1 Å². The lowest BCUT2D eigenvalue weighted by Crippen LogP contribution is -2.25. The molecule has 108 valence electrons. The van der Waals surface area contributed by atoms with Crippen LogP contribution in [-0.4, -0.2) is 24.2 Å². The summed E-state index contributed by atoms with van der Waals surface area (Å²) in [4.78, 5) is 12.1. The van der Waals surface area contributed by atoms with Gasteiger partial charge in [0.25, 0.3) is 5.91 Å². The van der Waals surface area contributed by atoms with E-state index in [9.17, 15) is 9.90 Å². The number of carbonyl (C=O) groups is 1. The van der Waals surface area contributed by atoms with E-state index in [4.69, 9.17) is 4.74 Å². The highest BCUT2D eigenvalue weighted by atomic mass is 16.5. The number of ether oxygens (including phenoxy) is 1. The van der Waals surface area contributed by atoms with Crippen molar-refractivity contribution < 1.29 is 14.6 Å². The standard InChI is InChI=1S/C17H17NO3/c1-21-16-8-5-12(10-15(16)19)11-3-2-4-13(9-11)17(20)18-14-6-7-14/h2-5,8-10,14,19H,6-7H2,1H3,(H,18,20). The molecule has 4 nitrogen and oxygen atoms in total. The second-order valence-corrected chi connectivity index (χ2v) is 5.22. The van der Waals surface area contributed by atoms with E-state index in [1.165, 1.54) is 7.11 Å². The molecule has 0 radical (unpaired) electrons. The molecule has 0 spiro atoms. The van der Waals surface area contributed by atoms with E-state index in [1.807, 2.05) is 24.3 Å². The van der Waals surface area contributed by atoms with Gasteiger partial charge in [-0.1, -0.05) is 18.2 Å². The molecule has 1 aliphatic rings. The molecule has 1 saturated carbocycles. The van der Waals surface area contributed by atoms with Crippen LogP contribution in [0.3, 0.4) is 0 Å². The number of amides is 1. The van der Waals surface area contributed by atoms with Crippen molar-refractivity contribution in [3.05, 3.63) is 48.0 Å². The topological polar surface area (TPSA) is 58.6 Å². The van der Waals surface area contributed by atoms with Crippen molar-refractivity contribution in [2.75, 3.05) is 7.11 Å². The van der Waals surface area contributed by atoms with E-state index >= 15 is 0 Å². The van der Waals surface area contributed by atoms with Crippen molar-refractivity contribution in [1.82, 2.24) is 5.32 Å². The van der Waals surface area contributed by atoms with Crippen molar-refractivity contribution in [2.45, 2.75) is 18.9 Å². The van der Waals surface area contributed by atoms with E-state index in [0.717, 1.165) is 24.0 Å². The van der Waals surface area contributed by atoms with Crippen LogP contribution in [0, 0.1) is 0 Å². The van der Waals surface area contributed by atoms with E-state index in [-0.39, 0.29) is 11.7 Å². The predicted molar refractivity (Wildman–Crippen MR) is 80.6 cm³/mol. The zero-order chi connectivity index (χ0) is 14.8. The number of benzene rings is 2. The molecule has 0 aliphatic heterocycles. The Labute approximate surface area is 123 Å². The zero-order valence-electron chi connectivity index (χ0n) is 11.8. The molecule has 0 atom stereocenters. The van der Waals surface area contributed by atoms with Crippen LogP contribution in [0.15, 0.2) is 42.5 Å². The third-order valence-corrected chi connectivity index (χ3v) is 3.55. The first-order valence-electron chi connectivity index (χ1n) is 6.95. The second-order valence-electron chi connectivity index (χ2n) is 5.22. The van der Waals surface area contributed by atoms with Crippen molar-refractivity contribution >= 4 is 5.91 Å². The van der Waals surface area contributed by atoms with Crippen molar-refractivity contribution in [2.24, 2.45) is 0 Å². The van der Waals surface area contributed by atoms with Gasteiger partial charge in [-0.2, -0.15) is 0 Å². The average Bonchev–Trinajstić information content (AvgIpc) is 3.31. The Hall–Kier alpha value is -2.49. The fraction of sp³-hybridized carbons (Fsp3) is 0.235. The molecular formula is C17H17NO3. The van der Waals surface area contributed by atoms with E-state index in [0.29, 0.717) is 17.4 Å². The van der Waals surface area contributed by atoms with Crippen LogP contribution in [0.2, 0.25) is 0 Å². The van der Waals surface area contributed by atoms with Gasteiger partial charge in [0.05, 0.1) is 7.11 Å². The third kappa shape index (κ3) is 2.99. The molecule has 4 heteroatoms. The maximum absolute atomic E-state index is 12.1. The van der Waals surface area contributed by atoms with Crippen LogP contribution >= 0.6 is 0 Å². The number of hydrogen-bond acceptors (Lipinski definition) is 3. The summed E-state index contributed by atoms with van der Waals surface area (Å²) in [5.41, 5.74) is 2.36. The Morgan fingerprint density at radius 2 is 1.95 bits per heavy atom. The molecule has 1 amide bonds. The highest BCUT2D eigenvalue weighted by molar-refractivity contribution is 5.95. The average molecular weight is 283 g/mol. The number of aromatic hydroxyl groups is 1. The number of phenolic OH excluding ortho intramolecular Hbond substituents is 1. The summed E-state index contributed by atoms with van der Waals surface area (Å²) in [5.74, 6) is 0.473. The molecule has 2 aromatic rings. The number of hydrogen-bond donors (Lipinski definition) is 2. The van der Waals surface area contributed by atoms with Gasteiger partial charge in [-0.05, 0) is 48.2 Å². The lowest BCUT2D eigenvalue weighted by molar-refractivity contribution is 0.0951. The second kappa shape index (κ2) is 5.48. The molecule has 21 heavy (non-hydrogen) atoms. The molecule has 1 fully saturated rings. The van der Waals surface area contributed by atoms with Gasteiger partial charge >= 0.3 is 0 Å². The first kappa shape index (κ1) is 13.5. The molecule has 0 heterocycles. The number of rotatable bonds is 4. The molecule has 3 rings (SSSR count). The van der Waals surface area contributed by atoms with Gasteiger partial charge in [0, 0.05) is 11.6 Å². The quantitative estimate of drug-likeness (QED) is 0.907. The summed E-state index contributed by atoms with van der Waals surface area (Å²) in [6.45, 7) is 0. The van der Waals surface area contributed by atoms with E-state index < -0.39 is 0 Å². The van der Waals surface area contributed by atoms with Crippen molar-refractivity contribution in [3.63, 3.8) is 0 Å². The van der Waals surface area contributed by atoms with Crippen molar-refractivity contribution in [1.29, 1.82) is 0 Å². The summed E-state index contributed by atoms with van der Waals surface area (Å²) in [6.07, 6.45) is 2.13. The van der Waals surface area contributed by atoms with E-state index in [1.54, 1.807) is 18.2 Å². The Kier molecular flexibility index (Phi) is 3.52. The smallest absolute Gasteiger partial charge is 0.251 e. The SMILES string of the molecule is COc1ccc(-c2cccc(C(=O)NC3CC3)c2)cc1O. The van der Waals surface area contributed by atoms with Crippen LogP contribution in [0.5, 0.6) is 11.5 Å². The first-order valence-corrected chi connectivity index (χ1v) is 6.95. The van der Waals surface area contributed by atoms with Crippen LogP contribution in [-0.2, 0) is 0 Å². The van der Waals surface area contributed by atoms with Crippen molar-refractivity contribution in [3.8, 4) is 22.6 Å². The van der Waals surface area contributed by atoms with Gasteiger partial charge < -0.3 is 15.2 Å². The third-order valence-electron chi connectivity index (χ3n) is 3.55. The lowest BCUT2D eigenvalue weighted by Gasteiger charge is -2.08. The molecule has 0 unspecified atom stereocenters. The maximum atomic E-state index is 12.1. The largest absolute Gasteiger partial charge is 0.504 e. The van der Waals surface area contributed by atoms with Crippen LogP contribution < -0.4 is 10.1 Å². The predicted octanol–water partition coefficient (Wildman–Crippen LogP) is 2.96. The molecule has 0 aromatic heterocycles. The summed E-state index contributed by atoms with van der Waals surface area (Å²) < 4.78 is 5.03. The number of phenols is 1. The number of methoxy groups -OCH3 is 1. The molecule has 2 N–H and O–H groups in total.